The first-order valence-electron chi connectivity index (χ1n) is 7.65. The maximum absolute atomic E-state index is 5.78. The van der Waals surface area contributed by atoms with E-state index in [9.17, 15) is 0 Å². The Morgan fingerprint density at radius 2 is 1.76 bits per heavy atom. The Bertz CT molecular complexity index is 651. The van der Waals surface area contributed by atoms with Gasteiger partial charge in [-0.1, -0.05) is 17.3 Å². The zero-order valence-electron chi connectivity index (χ0n) is 12.2. The van der Waals surface area contributed by atoms with Crippen LogP contribution in [0.5, 0.6) is 0 Å². The van der Waals surface area contributed by atoms with Gasteiger partial charge in [0.2, 0.25) is 0 Å². The second-order valence-corrected chi connectivity index (χ2v) is 6.79. The fourth-order valence-electron chi connectivity index (χ4n) is 4.55. The van der Waals surface area contributed by atoms with Crippen molar-refractivity contribution in [3.8, 4) is 0 Å². The van der Waals surface area contributed by atoms with Crippen molar-refractivity contribution in [2.24, 2.45) is 33.1 Å². The smallest absolute Gasteiger partial charge is 0.141 e. The first kappa shape index (κ1) is 11.7. The van der Waals surface area contributed by atoms with Crippen molar-refractivity contribution in [2.45, 2.75) is 24.6 Å². The molecule has 2 unspecified atom stereocenters. The summed E-state index contributed by atoms with van der Waals surface area (Å²) in [5.41, 5.74) is 3.52. The molecule has 4 aliphatic rings. The van der Waals surface area contributed by atoms with Crippen LogP contribution in [-0.4, -0.2) is 38.0 Å². The molecular formula is C16H18N4O. The van der Waals surface area contributed by atoms with E-state index >= 15 is 0 Å². The normalized spacial score (nSPS) is 41.1. The van der Waals surface area contributed by atoms with Crippen LogP contribution in [0.15, 0.2) is 39.6 Å². The van der Waals surface area contributed by atoms with Crippen LogP contribution in [0.4, 0.5) is 5.69 Å². The van der Waals surface area contributed by atoms with Crippen LogP contribution in [0.25, 0.3) is 0 Å². The summed E-state index contributed by atoms with van der Waals surface area (Å²) in [6.45, 7) is 0. The van der Waals surface area contributed by atoms with Gasteiger partial charge in [-0.3, -0.25) is 0 Å². The lowest BCUT2D eigenvalue weighted by Crippen LogP contribution is -2.47. The van der Waals surface area contributed by atoms with Crippen LogP contribution in [0.3, 0.4) is 0 Å². The first-order chi connectivity index (χ1) is 10.2. The van der Waals surface area contributed by atoms with Crippen molar-refractivity contribution in [3.05, 3.63) is 29.8 Å². The van der Waals surface area contributed by atoms with E-state index in [-0.39, 0.29) is 6.10 Å². The first-order valence-corrected chi connectivity index (χ1v) is 7.65. The highest BCUT2D eigenvalue weighted by Crippen LogP contribution is 2.58. The maximum atomic E-state index is 5.78. The van der Waals surface area contributed by atoms with Crippen molar-refractivity contribution < 1.29 is 4.84 Å². The third kappa shape index (κ3) is 1.39. The van der Waals surface area contributed by atoms with Crippen molar-refractivity contribution in [2.75, 3.05) is 19.0 Å². The molecule has 0 aromatic heterocycles. The molecule has 108 valence electrons. The number of rotatable bonds is 2. The van der Waals surface area contributed by atoms with E-state index < -0.39 is 0 Å². The summed E-state index contributed by atoms with van der Waals surface area (Å²) in [7, 11) is 4.11. The minimum absolute atomic E-state index is 0.235. The van der Waals surface area contributed by atoms with Crippen LogP contribution in [0, 0.1) is 17.8 Å². The van der Waals surface area contributed by atoms with E-state index in [2.05, 4.69) is 58.6 Å². The van der Waals surface area contributed by atoms with Gasteiger partial charge in [0, 0.05) is 25.7 Å². The number of nitrogens with zero attached hydrogens (tertiary/aromatic N) is 4. The predicted octanol–water partition coefficient (Wildman–Crippen LogP) is 2.32. The van der Waals surface area contributed by atoms with Crippen LogP contribution in [0.1, 0.15) is 12.0 Å². The lowest BCUT2D eigenvalue weighted by molar-refractivity contribution is 0.00785. The average molecular weight is 282 g/mol. The number of oxime groups is 1. The second-order valence-electron chi connectivity index (χ2n) is 6.79. The molecule has 0 N–H and O–H groups in total. The average Bonchev–Trinajstić information content (AvgIpc) is 3.06. The summed E-state index contributed by atoms with van der Waals surface area (Å²) in [4.78, 5) is 7.89. The van der Waals surface area contributed by atoms with E-state index in [4.69, 9.17) is 4.84 Å². The van der Waals surface area contributed by atoms with E-state index in [0.717, 1.165) is 5.71 Å². The fraction of sp³-hybridized carbons (Fsp3) is 0.562. The standard InChI is InChI=1S/C16H18N4O/c1-20(2)9-5-3-8(4-6-9)13-12-10-7-11(16(12)21-19-13)15-14(10)17-18-15/h3-6,10-12,14-16H,7H2,1-2H3/t10-,11-,12?,14-,15+,16?/m0/s1. The third-order valence-corrected chi connectivity index (χ3v) is 5.61. The van der Waals surface area contributed by atoms with Gasteiger partial charge in [0.25, 0.3) is 0 Å². The Morgan fingerprint density at radius 1 is 1.05 bits per heavy atom. The molecule has 0 saturated heterocycles. The second kappa shape index (κ2) is 3.84. The highest BCUT2D eigenvalue weighted by atomic mass is 16.6. The Hall–Kier alpha value is -1.91. The monoisotopic (exact) mass is 282 g/mol. The Morgan fingerprint density at radius 3 is 2.43 bits per heavy atom. The van der Waals surface area contributed by atoms with Gasteiger partial charge in [0.15, 0.2) is 0 Å². The van der Waals surface area contributed by atoms with Gasteiger partial charge in [-0.2, -0.15) is 10.2 Å². The molecule has 2 saturated carbocycles. The van der Waals surface area contributed by atoms with E-state index in [1.54, 1.807) is 0 Å². The highest BCUT2D eigenvalue weighted by molar-refractivity contribution is 6.04. The molecule has 1 aromatic rings. The zero-order valence-corrected chi connectivity index (χ0v) is 12.2. The molecule has 5 nitrogen and oxygen atoms in total. The molecule has 5 rings (SSSR count). The lowest BCUT2D eigenvalue weighted by atomic mass is 9.76. The Balaban J connectivity index is 1.47. The molecule has 2 bridgehead atoms. The number of anilines is 1. The topological polar surface area (TPSA) is 49.5 Å². The van der Waals surface area contributed by atoms with Crippen LogP contribution in [-0.2, 0) is 4.84 Å². The number of hydrogen-bond donors (Lipinski definition) is 0. The minimum atomic E-state index is 0.235. The molecule has 2 aliphatic heterocycles. The molecule has 2 fully saturated rings. The summed E-state index contributed by atoms with van der Waals surface area (Å²) in [5.74, 6) is 1.53. The lowest BCUT2D eigenvalue weighted by Gasteiger charge is -2.36. The van der Waals surface area contributed by atoms with Crippen molar-refractivity contribution in [1.82, 2.24) is 0 Å². The van der Waals surface area contributed by atoms with Crippen LogP contribution >= 0.6 is 0 Å². The van der Waals surface area contributed by atoms with Gasteiger partial charge in [-0.05, 0) is 30.0 Å². The summed E-state index contributed by atoms with van der Waals surface area (Å²) in [6.07, 6.45) is 1.44. The number of benzene rings is 1. The quantitative estimate of drug-likeness (QED) is 0.836. The number of fused-ring (bicyclic) bond motifs is 8. The minimum Gasteiger partial charge on any atom is -0.391 e. The van der Waals surface area contributed by atoms with Gasteiger partial charge < -0.3 is 9.74 Å². The van der Waals surface area contributed by atoms with Gasteiger partial charge in [0.1, 0.15) is 12.1 Å². The Labute approximate surface area is 123 Å². The maximum Gasteiger partial charge on any atom is 0.141 e. The summed E-state index contributed by atoms with van der Waals surface area (Å²) < 4.78 is 0. The van der Waals surface area contributed by atoms with E-state index in [1.807, 2.05) is 0 Å². The highest BCUT2D eigenvalue weighted by Gasteiger charge is 2.65. The van der Waals surface area contributed by atoms with Crippen molar-refractivity contribution in [1.29, 1.82) is 0 Å². The molecule has 21 heavy (non-hydrogen) atoms. The van der Waals surface area contributed by atoms with Crippen molar-refractivity contribution in [3.63, 3.8) is 0 Å². The molecule has 6 atom stereocenters. The fourth-order valence-corrected chi connectivity index (χ4v) is 4.55. The zero-order chi connectivity index (χ0) is 14.1. The molecule has 0 amide bonds. The largest absolute Gasteiger partial charge is 0.391 e. The van der Waals surface area contributed by atoms with Gasteiger partial charge in [0.05, 0.1) is 17.7 Å². The summed E-state index contributed by atoms with van der Waals surface area (Å²) in [6, 6.07) is 9.46. The summed E-state index contributed by atoms with van der Waals surface area (Å²) in [5, 5.41) is 13.1. The number of hydrogen-bond acceptors (Lipinski definition) is 5. The van der Waals surface area contributed by atoms with Crippen LogP contribution < -0.4 is 4.90 Å². The third-order valence-electron chi connectivity index (χ3n) is 5.61. The van der Waals surface area contributed by atoms with Crippen LogP contribution in [0.2, 0.25) is 0 Å². The number of azo groups is 1. The SMILES string of the molecule is CN(C)c1ccc(C2=NOC3C2[C@@H]2C[C@H]3[C@H]3N=N[C@H]32)cc1. The summed E-state index contributed by atoms with van der Waals surface area (Å²) >= 11 is 0. The molecule has 1 aromatic carbocycles. The van der Waals surface area contributed by atoms with Crippen molar-refractivity contribution >= 4 is 11.4 Å². The Kier molecular flexibility index (Phi) is 2.14. The molecule has 2 heterocycles. The van der Waals surface area contributed by atoms with Gasteiger partial charge >= 0.3 is 0 Å². The van der Waals surface area contributed by atoms with E-state index in [1.165, 1.54) is 17.7 Å². The van der Waals surface area contributed by atoms with Gasteiger partial charge in [-0.15, -0.1) is 0 Å². The molecule has 2 aliphatic carbocycles. The molecular weight excluding hydrogens is 264 g/mol. The molecule has 0 radical (unpaired) electrons. The predicted molar refractivity (Wildman–Crippen MR) is 79.7 cm³/mol. The van der Waals surface area contributed by atoms with E-state index in [0.29, 0.717) is 29.8 Å². The molecule has 5 heteroatoms. The van der Waals surface area contributed by atoms with Gasteiger partial charge in [-0.25, -0.2) is 0 Å². The molecule has 0 spiro atoms.